The van der Waals surface area contributed by atoms with Gasteiger partial charge in [-0.1, -0.05) is 36.8 Å². The van der Waals surface area contributed by atoms with E-state index in [9.17, 15) is 9.59 Å². The summed E-state index contributed by atoms with van der Waals surface area (Å²) in [6.45, 7) is 0. The lowest BCUT2D eigenvalue weighted by Gasteiger charge is -2.19. The summed E-state index contributed by atoms with van der Waals surface area (Å²) in [6.07, 6.45) is 4.60. The molecule has 0 heterocycles. The molecule has 1 fully saturated rings. The zero-order valence-corrected chi connectivity index (χ0v) is 10.0. The fraction of sp³-hybridized carbons (Fsp3) is 0.467. The molecule has 0 bridgehead atoms. The highest BCUT2D eigenvalue weighted by atomic mass is 16.1. The van der Waals surface area contributed by atoms with Gasteiger partial charge in [-0.25, -0.2) is 0 Å². The second-order valence-corrected chi connectivity index (χ2v) is 4.72. The molecule has 1 aromatic rings. The molecule has 90 valence electrons. The average Bonchev–Trinajstić information content (AvgIpc) is 2.38. The molecule has 0 aliphatic heterocycles. The molecule has 2 heteroatoms. The molecular weight excluding hydrogens is 212 g/mol. The van der Waals surface area contributed by atoms with Crippen LogP contribution in [-0.2, 0) is 16.0 Å². The summed E-state index contributed by atoms with van der Waals surface area (Å²) in [4.78, 5) is 23.6. The highest BCUT2D eigenvalue weighted by molar-refractivity contribution is 6.02. The Labute approximate surface area is 102 Å². The van der Waals surface area contributed by atoms with Gasteiger partial charge in [0.2, 0.25) is 0 Å². The van der Waals surface area contributed by atoms with Gasteiger partial charge in [0.25, 0.3) is 0 Å². The monoisotopic (exact) mass is 230 g/mol. The van der Waals surface area contributed by atoms with Gasteiger partial charge >= 0.3 is 0 Å². The van der Waals surface area contributed by atoms with Crippen molar-refractivity contribution in [3.8, 4) is 0 Å². The Hall–Kier alpha value is -1.44. The molecule has 1 atom stereocenters. The van der Waals surface area contributed by atoms with Crippen molar-refractivity contribution in [3.63, 3.8) is 0 Å². The van der Waals surface area contributed by atoms with Gasteiger partial charge < -0.3 is 0 Å². The normalized spacial score (nSPS) is 20.2. The number of carbonyl (C=O) groups is 2. The molecule has 0 N–H and O–H groups in total. The van der Waals surface area contributed by atoms with Crippen molar-refractivity contribution in [1.29, 1.82) is 0 Å². The molecule has 1 saturated carbocycles. The fourth-order valence-corrected chi connectivity index (χ4v) is 2.41. The minimum absolute atomic E-state index is 0.138. The van der Waals surface area contributed by atoms with Crippen molar-refractivity contribution in [2.75, 3.05) is 0 Å². The van der Waals surface area contributed by atoms with E-state index in [4.69, 9.17) is 0 Å². The van der Waals surface area contributed by atoms with E-state index in [0.717, 1.165) is 25.7 Å². The van der Waals surface area contributed by atoms with Gasteiger partial charge in [0.15, 0.2) is 0 Å². The van der Waals surface area contributed by atoms with Crippen LogP contribution < -0.4 is 0 Å². The topological polar surface area (TPSA) is 34.1 Å². The van der Waals surface area contributed by atoms with Crippen LogP contribution >= 0.6 is 0 Å². The Morgan fingerprint density at radius 1 is 1.18 bits per heavy atom. The molecule has 0 radical (unpaired) electrons. The van der Waals surface area contributed by atoms with Crippen LogP contribution in [0, 0.1) is 5.92 Å². The molecule has 0 amide bonds. The number of Topliss-reactive ketones (excluding diaryl/α,β-unsaturated/α-hetero) is 2. The van der Waals surface area contributed by atoms with Crippen molar-refractivity contribution in [1.82, 2.24) is 0 Å². The third-order valence-corrected chi connectivity index (χ3v) is 3.45. The maximum absolute atomic E-state index is 12.0. The smallest absolute Gasteiger partial charge is 0.143 e. The van der Waals surface area contributed by atoms with E-state index in [0.29, 0.717) is 12.8 Å². The SMILES string of the molecule is O=C1CCCC[C@@H]1C(=O)CCc1ccccc1. The molecular formula is C15H18O2. The van der Waals surface area contributed by atoms with E-state index in [1.54, 1.807) is 0 Å². The first-order valence-corrected chi connectivity index (χ1v) is 6.37. The maximum Gasteiger partial charge on any atom is 0.143 e. The number of rotatable bonds is 4. The van der Waals surface area contributed by atoms with Gasteiger partial charge in [0, 0.05) is 12.8 Å². The molecule has 0 aromatic heterocycles. The van der Waals surface area contributed by atoms with E-state index in [1.807, 2.05) is 30.3 Å². The number of aryl methyl sites for hydroxylation is 1. The lowest BCUT2D eigenvalue weighted by atomic mass is 9.83. The molecule has 2 nitrogen and oxygen atoms in total. The van der Waals surface area contributed by atoms with Crippen LogP contribution in [0.5, 0.6) is 0 Å². The van der Waals surface area contributed by atoms with Gasteiger partial charge in [-0.05, 0) is 24.8 Å². The quantitative estimate of drug-likeness (QED) is 0.745. The van der Waals surface area contributed by atoms with Crippen molar-refractivity contribution >= 4 is 11.6 Å². The Kier molecular flexibility index (Phi) is 4.08. The van der Waals surface area contributed by atoms with Crippen LogP contribution in [0.15, 0.2) is 30.3 Å². The van der Waals surface area contributed by atoms with Crippen LogP contribution in [0.2, 0.25) is 0 Å². The second kappa shape index (κ2) is 5.76. The first-order chi connectivity index (χ1) is 8.27. The lowest BCUT2D eigenvalue weighted by Crippen LogP contribution is -2.27. The first kappa shape index (κ1) is 12.0. The Balaban J connectivity index is 1.87. The molecule has 0 unspecified atom stereocenters. The van der Waals surface area contributed by atoms with Gasteiger partial charge in [-0.15, -0.1) is 0 Å². The van der Waals surface area contributed by atoms with Crippen molar-refractivity contribution in [3.05, 3.63) is 35.9 Å². The van der Waals surface area contributed by atoms with E-state index >= 15 is 0 Å². The van der Waals surface area contributed by atoms with E-state index < -0.39 is 0 Å². The minimum atomic E-state index is -0.299. The molecule has 1 aliphatic carbocycles. The number of hydrogen-bond acceptors (Lipinski definition) is 2. The Bertz CT molecular complexity index is 395. The van der Waals surface area contributed by atoms with Crippen molar-refractivity contribution < 1.29 is 9.59 Å². The summed E-state index contributed by atoms with van der Waals surface area (Å²) in [7, 11) is 0. The molecule has 1 aliphatic rings. The van der Waals surface area contributed by atoms with Crippen LogP contribution in [0.25, 0.3) is 0 Å². The van der Waals surface area contributed by atoms with Gasteiger partial charge in [-0.2, -0.15) is 0 Å². The maximum atomic E-state index is 12.0. The van der Waals surface area contributed by atoms with Crippen LogP contribution in [0.4, 0.5) is 0 Å². The van der Waals surface area contributed by atoms with Gasteiger partial charge in [0.1, 0.15) is 11.6 Å². The zero-order valence-electron chi connectivity index (χ0n) is 10.0. The molecule has 0 spiro atoms. The number of benzene rings is 1. The van der Waals surface area contributed by atoms with Crippen molar-refractivity contribution in [2.45, 2.75) is 38.5 Å². The predicted molar refractivity (Wildman–Crippen MR) is 66.7 cm³/mol. The van der Waals surface area contributed by atoms with Gasteiger partial charge in [-0.3, -0.25) is 9.59 Å². The summed E-state index contributed by atoms with van der Waals surface area (Å²) < 4.78 is 0. The van der Waals surface area contributed by atoms with Crippen LogP contribution in [-0.4, -0.2) is 11.6 Å². The number of carbonyl (C=O) groups excluding carboxylic acids is 2. The number of hydrogen-bond donors (Lipinski definition) is 0. The van der Waals surface area contributed by atoms with Crippen LogP contribution in [0.1, 0.15) is 37.7 Å². The van der Waals surface area contributed by atoms with E-state index in [1.165, 1.54) is 5.56 Å². The minimum Gasteiger partial charge on any atom is -0.299 e. The molecule has 1 aromatic carbocycles. The zero-order chi connectivity index (χ0) is 12.1. The third-order valence-electron chi connectivity index (χ3n) is 3.45. The summed E-state index contributed by atoms with van der Waals surface area (Å²) >= 11 is 0. The summed E-state index contributed by atoms with van der Waals surface area (Å²) in [5, 5.41) is 0. The summed E-state index contributed by atoms with van der Waals surface area (Å²) in [6, 6.07) is 9.97. The lowest BCUT2D eigenvalue weighted by molar-refractivity contribution is -0.134. The summed E-state index contributed by atoms with van der Waals surface area (Å²) in [5.74, 6) is 0.000303. The van der Waals surface area contributed by atoms with Crippen LogP contribution in [0.3, 0.4) is 0 Å². The standard InChI is InChI=1S/C15H18O2/c16-14-9-5-4-8-13(14)15(17)11-10-12-6-2-1-3-7-12/h1-3,6-7,13H,4-5,8-11H2/t13-/m0/s1. The summed E-state index contributed by atoms with van der Waals surface area (Å²) in [5.41, 5.74) is 1.17. The highest BCUT2D eigenvalue weighted by Gasteiger charge is 2.27. The average molecular weight is 230 g/mol. The fourth-order valence-electron chi connectivity index (χ4n) is 2.41. The Morgan fingerprint density at radius 3 is 2.65 bits per heavy atom. The second-order valence-electron chi connectivity index (χ2n) is 4.72. The highest BCUT2D eigenvalue weighted by Crippen LogP contribution is 2.22. The molecule has 17 heavy (non-hydrogen) atoms. The van der Waals surface area contributed by atoms with Gasteiger partial charge in [0.05, 0.1) is 5.92 Å². The molecule has 2 rings (SSSR count). The third kappa shape index (κ3) is 3.26. The van der Waals surface area contributed by atoms with E-state index in [2.05, 4.69) is 0 Å². The molecule has 0 saturated heterocycles. The Morgan fingerprint density at radius 2 is 1.94 bits per heavy atom. The number of ketones is 2. The van der Waals surface area contributed by atoms with Crippen molar-refractivity contribution in [2.24, 2.45) is 5.92 Å². The van der Waals surface area contributed by atoms with E-state index in [-0.39, 0.29) is 17.5 Å². The predicted octanol–water partition coefficient (Wildman–Crippen LogP) is 2.95. The first-order valence-electron chi connectivity index (χ1n) is 6.37. The largest absolute Gasteiger partial charge is 0.299 e.